The maximum atomic E-state index is 12.0. The van der Waals surface area contributed by atoms with Gasteiger partial charge in [0.25, 0.3) is 11.6 Å². The number of nitro groups is 1. The van der Waals surface area contributed by atoms with Gasteiger partial charge in [-0.2, -0.15) is 0 Å². The minimum atomic E-state index is -0.477. The molecule has 0 heterocycles. The van der Waals surface area contributed by atoms with Crippen LogP contribution in [0.1, 0.15) is 22.8 Å². The fourth-order valence-corrected chi connectivity index (χ4v) is 1.70. The van der Waals surface area contributed by atoms with E-state index in [1.165, 1.54) is 23.1 Å². The van der Waals surface area contributed by atoms with Gasteiger partial charge in [0.15, 0.2) is 0 Å². The largest absolute Gasteiger partial charge is 0.395 e. The van der Waals surface area contributed by atoms with Crippen LogP contribution in [0.15, 0.2) is 18.2 Å². The first-order valence-electron chi connectivity index (χ1n) is 5.66. The normalized spacial score (nSPS) is 10.2. The van der Waals surface area contributed by atoms with Gasteiger partial charge in [-0.1, -0.05) is 0 Å². The maximum Gasteiger partial charge on any atom is 0.272 e. The van der Waals surface area contributed by atoms with Crippen molar-refractivity contribution in [3.05, 3.63) is 39.4 Å². The highest BCUT2D eigenvalue weighted by molar-refractivity contribution is 5.94. The molecule has 0 aliphatic rings. The topological polar surface area (TPSA) is 83.7 Å². The number of aryl methyl sites for hydroxylation is 1. The molecule has 0 aliphatic heterocycles. The molecular formula is C12H16N2O4. The Balaban J connectivity index is 3.00. The number of hydrogen-bond donors (Lipinski definition) is 1. The van der Waals surface area contributed by atoms with E-state index in [-0.39, 0.29) is 24.7 Å². The molecule has 1 N–H and O–H groups in total. The number of amides is 1. The van der Waals surface area contributed by atoms with E-state index in [1.54, 1.807) is 6.92 Å². The fraction of sp³-hybridized carbons (Fsp3) is 0.417. The van der Waals surface area contributed by atoms with Gasteiger partial charge in [-0.3, -0.25) is 14.9 Å². The number of likely N-dealkylation sites (N-methyl/N-ethyl adjacent to an activating group) is 1. The summed E-state index contributed by atoms with van der Waals surface area (Å²) < 4.78 is 0. The van der Waals surface area contributed by atoms with Crippen LogP contribution in [0, 0.1) is 17.0 Å². The average molecular weight is 252 g/mol. The first kappa shape index (κ1) is 14.1. The lowest BCUT2D eigenvalue weighted by atomic mass is 10.1. The van der Waals surface area contributed by atoms with Crippen LogP contribution in [-0.2, 0) is 0 Å². The Kier molecular flexibility index (Phi) is 4.79. The van der Waals surface area contributed by atoms with Gasteiger partial charge in [-0.15, -0.1) is 0 Å². The second-order valence-electron chi connectivity index (χ2n) is 3.87. The van der Waals surface area contributed by atoms with Crippen molar-refractivity contribution < 1.29 is 14.8 Å². The van der Waals surface area contributed by atoms with Crippen LogP contribution in [-0.4, -0.2) is 40.5 Å². The van der Waals surface area contributed by atoms with Crippen LogP contribution < -0.4 is 0 Å². The molecule has 0 bridgehead atoms. The van der Waals surface area contributed by atoms with Crippen molar-refractivity contribution in [2.24, 2.45) is 0 Å². The molecule has 0 saturated heterocycles. The van der Waals surface area contributed by atoms with E-state index in [4.69, 9.17) is 5.11 Å². The average Bonchev–Trinajstić information content (AvgIpc) is 2.34. The minimum Gasteiger partial charge on any atom is -0.395 e. The molecule has 0 aliphatic carbocycles. The number of carbonyl (C=O) groups excluding carboxylic acids is 1. The van der Waals surface area contributed by atoms with Crippen LogP contribution in [0.25, 0.3) is 0 Å². The molecule has 0 spiro atoms. The van der Waals surface area contributed by atoms with Gasteiger partial charge in [0, 0.05) is 30.3 Å². The molecule has 6 nitrogen and oxygen atoms in total. The Morgan fingerprint density at radius 1 is 1.50 bits per heavy atom. The molecule has 0 aromatic heterocycles. The second kappa shape index (κ2) is 6.11. The summed E-state index contributed by atoms with van der Waals surface area (Å²) in [7, 11) is 0. The summed E-state index contributed by atoms with van der Waals surface area (Å²) in [6.45, 7) is 4.04. The Labute approximate surface area is 105 Å². The van der Waals surface area contributed by atoms with Gasteiger partial charge in [0.1, 0.15) is 0 Å². The van der Waals surface area contributed by atoms with Crippen LogP contribution in [0.4, 0.5) is 5.69 Å². The van der Waals surface area contributed by atoms with Gasteiger partial charge in [0.2, 0.25) is 0 Å². The second-order valence-corrected chi connectivity index (χ2v) is 3.87. The van der Waals surface area contributed by atoms with Crippen LogP contribution in [0.5, 0.6) is 0 Å². The maximum absolute atomic E-state index is 12.0. The molecule has 18 heavy (non-hydrogen) atoms. The minimum absolute atomic E-state index is 0.00300. The van der Waals surface area contributed by atoms with Crippen LogP contribution in [0.3, 0.4) is 0 Å². The van der Waals surface area contributed by atoms with E-state index >= 15 is 0 Å². The van der Waals surface area contributed by atoms with E-state index in [1.807, 2.05) is 6.92 Å². The highest BCUT2D eigenvalue weighted by atomic mass is 16.6. The van der Waals surface area contributed by atoms with E-state index in [0.29, 0.717) is 17.7 Å². The summed E-state index contributed by atoms with van der Waals surface area (Å²) in [6, 6.07) is 4.27. The highest BCUT2D eigenvalue weighted by Crippen LogP contribution is 2.19. The van der Waals surface area contributed by atoms with Crippen molar-refractivity contribution in [3.8, 4) is 0 Å². The van der Waals surface area contributed by atoms with Gasteiger partial charge in [-0.05, 0) is 26.0 Å². The Morgan fingerprint density at radius 3 is 2.61 bits per heavy atom. The van der Waals surface area contributed by atoms with E-state index in [2.05, 4.69) is 0 Å². The van der Waals surface area contributed by atoms with Crippen LogP contribution in [0.2, 0.25) is 0 Å². The summed E-state index contributed by atoms with van der Waals surface area (Å²) >= 11 is 0. The van der Waals surface area contributed by atoms with Crippen LogP contribution >= 0.6 is 0 Å². The molecule has 0 atom stereocenters. The third-order valence-corrected chi connectivity index (χ3v) is 2.68. The Hall–Kier alpha value is -1.95. The molecule has 1 aromatic carbocycles. The SMILES string of the molecule is CCN(CCO)C(=O)c1ccc([N+](=O)[O-])c(C)c1. The van der Waals surface area contributed by atoms with Crippen molar-refractivity contribution in [3.63, 3.8) is 0 Å². The van der Waals surface area contributed by atoms with Crippen molar-refractivity contribution in [2.75, 3.05) is 19.7 Å². The summed E-state index contributed by atoms with van der Waals surface area (Å²) in [5, 5.41) is 19.5. The summed E-state index contributed by atoms with van der Waals surface area (Å²) in [6.07, 6.45) is 0. The highest BCUT2D eigenvalue weighted by Gasteiger charge is 2.17. The summed E-state index contributed by atoms with van der Waals surface area (Å²) in [5.74, 6) is -0.232. The lowest BCUT2D eigenvalue weighted by molar-refractivity contribution is -0.385. The lowest BCUT2D eigenvalue weighted by Crippen LogP contribution is -2.33. The molecule has 0 saturated carbocycles. The number of rotatable bonds is 5. The molecule has 0 unspecified atom stereocenters. The zero-order chi connectivity index (χ0) is 13.7. The molecule has 1 rings (SSSR count). The van der Waals surface area contributed by atoms with Gasteiger partial charge in [0.05, 0.1) is 11.5 Å². The number of nitro benzene ring substituents is 1. The Morgan fingerprint density at radius 2 is 2.17 bits per heavy atom. The van der Waals surface area contributed by atoms with Crippen molar-refractivity contribution >= 4 is 11.6 Å². The molecule has 1 amide bonds. The van der Waals surface area contributed by atoms with Gasteiger partial charge >= 0.3 is 0 Å². The number of benzene rings is 1. The molecule has 6 heteroatoms. The molecule has 0 radical (unpaired) electrons. The summed E-state index contributed by atoms with van der Waals surface area (Å²) in [4.78, 5) is 23.7. The number of aliphatic hydroxyl groups excluding tert-OH is 1. The first-order valence-corrected chi connectivity index (χ1v) is 5.66. The number of hydrogen-bond acceptors (Lipinski definition) is 4. The standard InChI is InChI=1S/C12H16N2O4/c1-3-13(6-7-15)12(16)10-4-5-11(14(17)18)9(2)8-10/h4-5,8,15H,3,6-7H2,1-2H3. The number of aliphatic hydroxyl groups is 1. The fourth-order valence-electron chi connectivity index (χ4n) is 1.70. The zero-order valence-corrected chi connectivity index (χ0v) is 10.4. The van der Waals surface area contributed by atoms with Crippen molar-refractivity contribution in [2.45, 2.75) is 13.8 Å². The number of nitrogens with zero attached hydrogens (tertiary/aromatic N) is 2. The van der Waals surface area contributed by atoms with Gasteiger partial charge in [-0.25, -0.2) is 0 Å². The Bertz CT molecular complexity index is 459. The lowest BCUT2D eigenvalue weighted by Gasteiger charge is -2.19. The first-order chi connectivity index (χ1) is 8.51. The van der Waals surface area contributed by atoms with Crippen molar-refractivity contribution in [1.82, 2.24) is 4.90 Å². The number of carbonyl (C=O) groups is 1. The third kappa shape index (κ3) is 3.04. The van der Waals surface area contributed by atoms with Gasteiger partial charge < -0.3 is 10.0 Å². The molecule has 0 fully saturated rings. The summed E-state index contributed by atoms with van der Waals surface area (Å²) in [5.41, 5.74) is 0.844. The van der Waals surface area contributed by atoms with E-state index in [9.17, 15) is 14.9 Å². The van der Waals surface area contributed by atoms with E-state index in [0.717, 1.165) is 0 Å². The predicted octanol–water partition coefficient (Wildman–Crippen LogP) is 1.36. The quantitative estimate of drug-likeness (QED) is 0.633. The zero-order valence-electron chi connectivity index (χ0n) is 10.4. The van der Waals surface area contributed by atoms with E-state index < -0.39 is 4.92 Å². The molecule has 98 valence electrons. The molecule has 1 aromatic rings. The smallest absolute Gasteiger partial charge is 0.272 e. The monoisotopic (exact) mass is 252 g/mol. The third-order valence-electron chi connectivity index (χ3n) is 2.68. The van der Waals surface area contributed by atoms with Crippen molar-refractivity contribution in [1.29, 1.82) is 0 Å². The predicted molar refractivity (Wildman–Crippen MR) is 66.5 cm³/mol. The molecular weight excluding hydrogens is 236 g/mol.